The van der Waals surface area contributed by atoms with Crippen LogP contribution in [0.15, 0.2) is 70.1 Å². The van der Waals surface area contributed by atoms with Crippen LogP contribution in [0.25, 0.3) is 11.1 Å². The molecule has 1 atom stereocenters. The molecule has 0 N–H and O–H groups in total. The van der Waals surface area contributed by atoms with Crippen molar-refractivity contribution < 1.29 is 9.15 Å². The molecule has 2 aromatic carbocycles. The molecule has 0 radical (unpaired) electrons. The van der Waals surface area contributed by atoms with Crippen molar-refractivity contribution in [2.75, 3.05) is 7.11 Å². The largest absolute Gasteiger partial charge is 0.497 e. The van der Waals surface area contributed by atoms with Gasteiger partial charge < -0.3 is 9.15 Å². The summed E-state index contributed by atoms with van der Waals surface area (Å²) in [5.74, 6) is 1.34. The van der Waals surface area contributed by atoms with Crippen LogP contribution in [0, 0.1) is 0 Å². The summed E-state index contributed by atoms with van der Waals surface area (Å²) in [5.41, 5.74) is 1.82. The molecule has 0 aliphatic carbocycles. The van der Waals surface area contributed by atoms with Gasteiger partial charge in [-0.05, 0) is 42.0 Å². The second kappa shape index (κ2) is 4.84. The number of allylic oxidation sites excluding steroid dienone is 1. The highest BCUT2D eigenvalue weighted by atomic mass is 16.5. The Morgan fingerprint density at radius 1 is 1.09 bits per heavy atom. The molecular weight excluding hydrogens is 276 g/mol. The number of oxazole rings is 1. The van der Waals surface area contributed by atoms with Crippen LogP contribution in [0.5, 0.6) is 5.75 Å². The number of rotatable bonds is 3. The molecule has 1 aliphatic rings. The van der Waals surface area contributed by atoms with Crippen LogP contribution in [0.4, 0.5) is 0 Å². The fourth-order valence-corrected chi connectivity index (χ4v) is 2.70. The van der Waals surface area contributed by atoms with Gasteiger partial charge in [-0.25, -0.2) is 4.98 Å². The van der Waals surface area contributed by atoms with Gasteiger partial charge in [-0.2, -0.15) is 0 Å². The second-order valence-corrected chi connectivity index (χ2v) is 5.12. The quantitative estimate of drug-likeness (QED) is 0.738. The SMILES string of the molecule is COc1cccc(C2(c3nc4ccccc4o3)C=CC=N2)c1. The monoisotopic (exact) mass is 290 g/mol. The first-order valence-corrected chi connectivity index (χ1v) is 7.05. The van der Waals surface area contributed by atoms with Crippen molar-refractivity contribution in [1.82, 2.24) is 4.98 Å². The van der Waals surface area contributed by atoms with Crippen molar-refractivity contribution in [1.29, 1.82) is 0 Å². The van der Waals surface area contributed by atoms with Crippen LogP contribution in [-0.4, -0.2) is 18.3 Å². The average molecular weight is 290 g/mol. The van der Waals surface area contributed by atoms with Crippen molar-refractivity contribution in [3.05, 3.63) is 72.1 Å². The van der Waals surface area contributed by atoms with E-state index in [9.17, 15) is 0 Å². The van der Waals surface area contributed by atoms with E-state index in [-0.39, 0.29) is 0 Å². The van der Waals surface area contributed by atoms with Gasteiger partial charge in [0, 0.05) is 6.21 Å². The molecular formula is C18H14N2O2. The molecule has 0 amide bonds. The van der Waals surface area contributed by atoms with E-state index in [0.29, 0.717) is 5.89 Å². The van der Waals surface area contributed by atoms with Crippen LogP contribution >= 0.6 is 0 Å². The van der Waals surface area contributed by atoms with Gasteiger partial charge in [-0.1, -0.05) is 24.3 Å². The van der Waals surface area contributed by atoms with Gasteiger partial charge in [-0.3, -0.25) is 4.99 Å². The normalized spacial score (nSPS) is 19.9. The number of ether oxygens (including phenoxy) is 1. The highest BCUT2D eigenvalue weighted by Crippen LogP contribution is 2.39. The molecule has 0 bridgehead atoms. The third-order valence-electron chi connectivity index (χ3n) is 3.83. The Morgan fingerprint density at radius 2 is 2.00 bits per heavy atom. The van der Waals surface area contributed by atoms with Crippen molar-refractivity contribution in [3.63, 3.8) is 0 Å². The zero-order valence-corrected chi connectivity index (χ0v) is 12.1. The second-order valence-electron chi connectivity index (χ2n) is 5.12. The standard InChI is InChI=1S/C18H14N2O2/c1-21-14-7-4-6-13(12-14)18(10-5-11-19-18)17-20-15-8-2-3-9-16(15)22-17/h2-12H,1H3. The number of aromatic nitrogens is 1. The zero-order valence-electron chi connectivity index (χ0n) is 12.1. The molecule has 1 aromatic heterocycles. The molecule has 0 spiro atoms. The number of aliphatic imine (C=N–C) groups is 1. The van der Waals surface area contributed by atoms with Crippen molar-refractivity contribution in [3.8, 4) is 5.75 Å². The minimum Gasteiger partial charge on any atom is -0.497 e. The Morgan fingerprint density at radius 3 is 2.77 bits per heavy atom. The Kier molecular flexibility index (Phi) is 2.82. The smallest absolute Gasteiger partial charge is 0.232 e. The molecule has 22 heavy (non-hydrogen) atoms. The van der Waals surface area contributed by atoms with E-state index in [1.54, 1.807) is 13.3 Å². The number of para-hydroxylation sites is 2. The average Bonchev–Trinajstić information content (AvgIpc) is 3.22. The van der Waals surface area contributed by atoms with Crippen LogP contribution in [0.1, 0.15) is 11.5 Å². The third-order valence-corrected chi connectivity index (χ3v) is 3.83. The topological polar surface area (TPSA) is 47.6 Å². The summed E-state index contributed by atoms with van der Waals surface area (Å²) in [5, 5.41) is 0. The first-order chi connectivity index (χ1) is 10.8. The maximum atomic E-state index is 5.97. The lowest BCUT2D eigenvalue weighted by molar-refractivity contribution is 0.411. The van der Waals surface area contributed by atoms with Crippen molar-refractivity contribution in [2.45, 2.75) is 5.54 Å². The minimum atomic E-state index is -0.729. The van der Waals surface area contributed by atoms with Crippen LogP contribution in [0.3, 0.4) is 0 Å². The van der Waals surface area contributed by atoms with Gasteiger partial charge >= 0.3 is 0 Å². The highest BCUT2D eigenvalue weighted by Gasteiger charge is 2.38. The van der Waals surface area contributed by atoms with Crippen molar-refractivity contribution in [2.24, 2.45) is 4.99 Å². The summed E-state index contributed by atoms with van der Waals surface area (Å²) in [6.07, 6.45) is 5.68. The van der Waals surface area contributed by atoms with Crippen LogP contribution in [-0.2, 0) is 5.54 Å². The maximum Gasteiger partial charge on any atom is 0.232 e. The Bertz CT molecular complexity index is 848. The number of methoxy groups -OCH3 is 1. The van der Waals surface area contributed by atoms with Gasteiger partial charge in [0.2, 0.25) is 5.89 Å². The van der Waals surface area contributed by atoms with Gasteiger partial charge in [0.1, 0.15) is 11.3 Å². The number of fused-ring (bicyclic) bond motifs is 1. The summed E-state index contributed by atoms with van der Waals surface area (Å²) in [6, 6.07) is 15.5. The summed E-state index contributed by atoms with van der Waals surface area (Å²) in [7, 11) is 1.65. The van der Waals surface area contributed by atoms with E-state index in [1.807, 2.05) is 60.7 Å². The molecule has 0 saturated heterocycles. The first kappa shape index (κ1) is 12.8. The number of nitrogens with zero attached hydrogens (tertiary/aromatic N) is 2. The molecule has 0 fully saturated rings. The molecule has 3 aromatic rings. The van der Waals surface area contributed by atoms with Crippen LogP contribution < -0.4 is 4.74 Å². The fourth-order valence-electron chi connectivity index (χ4n) is 2.70. The van der Waals surface area contributed by atoms with Crippen LogP contribution in [0.2, 0.25) is 0 Å². The summed E-state index contributed by atoms with van der Waals surface area (Å²) in [6.45, 7) is 0. The predicted octanol–water partition coefficient (Wildman–Crippen LogP) is 3.72. The predicted molar refractivity (Wildman–Crippen MR) is 85.4 cm³/mol. The van der Waals surface area contributed by atoms with E-state index in [4.69, 9.17) is 9.15 Å². The van der Waals surface area contributed by atoms with Gasteiger partial charge in [0.15, 0.2) is 11.1 Å². The summed E-state index contributed by atoms with van der Waals surface area (Å²) >= 11 is 0. The maximum absolute atomic E-state index is 5.97. The highest BCUT2D eigenvalue weighted by molar-refractivity contribution is 5.78. The van der Waals surface area contributed by atoms with E-state index < -0.39 is 5.54 Å². The zero-order chi connectivity index (χ0) is 15.0. The molecule has 4 heteroatoms. The fraction of sp³-hybridized carbons (Fsp3) is 0.111. The molecule has 4 nitrogen and oxygen atoms in total. The summed E-state index contributed by atoms with van der Waals surface area (Å²) in [4.78, 5) is 9.26. The molecule has 2 heterocycles. The van der Waals surface area contributed by atoms with E-state index >= 15 is 0 Å². The molecule has 0 saturated carbocycles. The molecule has 1 unspecified atom stereocenters. The van der Waals surface area contributed by atoms with Gasteiger partial charge in [0.25, 0.3) is 0 Å². The van der Waals surface area contributed by atoms with Gasteiger partial charge in [-0.15, -0.1) is 0 Å². The lowest BCUT2D eigenvalue weighted by Gasteiger charge is -2.21. The Balaban J connectivity index is 1.93. The third kappa shape index (κ3) is 1.84. The van der Waals surface area contributed by atoms with E-state index in [0.717, 1.165) is 22.4 Å². The lowest BCUT2D eigenvalue weighted by Crippen LogP contribution is -2.21. The lowest BCUT2D eigenvalue weighted by atomic mass is 9.91. The van der Waals surface area contributed by atoms with E-state index in [1.165, 1.54) is 0 Å². The molecule has 1 aliphatic heterocycles. The molecule has 4 rings (SSSR count). The Hall–Kier alpha value is -2.88. The molecule has 108 valence electrons. The number of hydrogen-bond donors (Lipinski definition) is 0. The van der Waals surface area contributed by atoms with Crippen molar-refractivity contribution >= 4 is 17.3 Å². The summed E-state index contributed by atoms with van der Waals surface area (Å²) < 4.78 is 11.3. The number of hydrogen-bond acceptors (Lipinski definition) is 4. The Labute approximate surface area is 127 Å². The van der Waals surface area contributed by atoms with Gasteiger partial charge in [0.05, 0.1) is 7.11 Å². The minimum absolute atomic E-state index is 0.562. The first-order valence-electron chi connectivity index (χ1n) is 7.05. The van der Waals surface area contributed by atoms with E-state index in [2.05, 4.69) is 9.98 Å². The number of benzene rings is 2.